The summed E-state index contributed by atoms with van der Waals surface area (Å²) in [5, 5.41) is 3.70. The minimum Gasteiger partial charge on any atom is -0.367 e. The number of hydrogen-bond acceptors (Lipinski definition) is 3. The predicted molar refractivity (Wildman–Crippen MR) is 73.7 cm³/mol. The molecule has 1 aromatic heterocycles. The second-order valence-electron chi connectivity index (χ2n) is 5.87. The number of aromatic nitrogens is 2. The van der Waals surface area contributed by atoms with Gasteiger partial charge in [0.2, 0.25) is 0 Å². The van der Waals surface area contributed by atoms with Gasteiger partial charge in [0.05, 0.1) is 0 Å². The molecule has 0 saturated heterocycles. The van der Waals surface area contributed by atoms with Gasteiger partial charge in [0.25, 0.3) is 0 Å². The Morgan fingerprint density at radius 2 is 1.94 bits per heavy atom. The van der Waals surface area contributed by atoms with E-state index in [0.717, 1.165) is 24.6 Å². The Bertz CT molecular complexity index is 416. The highest BCUT2D eigenvalue weighted by Gasteiger charge is 2.25. The van der Waals surface area contributed by atoms with Crippen molar-refractivity contribution in [1.82, 2.24) is 9.97 Å². The molecule has 98 valence electrons. The average molecular weight is 245 g/mol. The van der Waals surface area contributed by atoms with E-state index in [9.17, 15) is 0 Å². The lowest BCUT2D eigenvalue weighted by atomic mass is 10.0. The lowest BCUT2D eigenvalue weighted by molar-refractivity contribution is 0.554. The van der Waals surface area contributed by atoms with Crippen molar-refractivity contribution in [3.63, 3.8) is 0 Å². The van der Waals surface area contributed by atoms with Gasteiger partial charge in [0.1, 0.15) is 12.1 Å². The topological polar surface area (TPSA) is 37.8 Å². The quantitative estimate of drug-likeness (QED) is 0.812. The molecule has 0 aliphatic heterocycles. The molecule has 3 heteroatoms. The van der Waals surface area contributed by atoms with Crippen molar-refractivity contribution in [2.75, 3.05) is 5.32 Å². The molecule has 2 aliphatic rings. The van der Waals surface area contributed by atoms with Crippen molar-refractivity contribution in [1.29, 1.82) is 0 Å². The van der Waals surface area contributed by atoms with Gasteiger partial charge in [-0.15, -0.1) is 0 Å². The summed E-state index contributed by atoms with van der Waals surface area (Å²) >= 11 is 0. The molecule has 0 aromatic carbocycles. The highest BCUT2D eigenvalue weighted by atomic mass is 15.0. The Morgan fingerprint density at radius 1 is 1.06 bits per heavy atom. The second kappa shape index (κ2) is 5.25. The van der Waals surface area contributed by atoms with Crippen LogP contribution < -0.4 is 5.32 Å². The maximum absolute atomic E-state index is 4.51. The Kier molecular flexibility index (Phi) is 3.48. The monoisotopic (exact) mass is 245 g/mol. The van der Waals surface area contributed by atoms with E-state index in [2.05, 4.69) is 22.2 Å². The Balaban J connectivity index is 1.83. The number of nitrogens with zero attached hydrogens (tertiary/aromatic N) is 2. The third kappa shape index (κ3) is 2.36. The molecule has 2 aliphatic carbocycles. The number of rotatable bonds is 2. The van der Waals surface area contributed by atoms with Gasteiger partial charge in [0, 0.05) is 17.3 Å². The summed E-state index contributed by atoms with van der Waals surface area (Å²) in [4.78, 5) is 8.99. The Morgan fingerprint density at radius 3 is 2.78 bits per heavy atom. The molecule has 18 heavy (non-hydrogen) atoms. The molecule has 0 amide bonds. The van der Waals surface area contributed by atoms with Gasteiger partial charge in [-0.1, -0.05) is 19.8 Å². The number of hydrogen-bond donors (Lipinski definition) is 1. The van der Waals surface area contributed by atoms with Gasteiger partial charge in [-0.2, -0.15) is 0 Å². The van der Waals surface area contributed by atoms with Gasteiger partial charge in [0.15, 0.2) is 0 Å². The van der Waals surface area contributed by atoms with E-state index in [1.54, 1.807) is 6.33 Å². The molecule has 1 aromatic rings. The fourth-order valence-corrected chi connectivity index (χ4v) is 3.36. The summed E-state index contributed by atoms with van der Waals surface area (Å²) in [7, 11) is 0. The molecule has 1 saturated carbocycles. The molecule has 3 rings (SSSR count). The predicted octanol–water partition coefficient (Wildman–Crippen LogP) is 3.35. The molecule has 0 spiro atoms. The SMILES string of the molecule is CC1CCCC1Nc1ncnc2c1CCCCC2. The van der Waals surface area contributed by atoms with E-state index in [-0.39, 0.29) is 0 Å². The summed E-state index contributed by atoms with van der Waals surface area (Å²) in [5.41, 5.74) is 2.68. The first-order valence-electron chi connectivity index (χ1n) is 7.44. The zero-order valence-electron chi connectivity index (χ0n) is 11.3. The van der Waals surface area contributed by atoms with E-state index >= 15 is 0 Å². The van der Waals surface area contributed by atoms with E-state index in [1.807, 2.05) is 0 Å². The van der Waals surface area contributed by atoms with Crippen LogP contribution in [-0.2, 0) is 12.8 Å². The maximum Gasteiger partial charge on any atom is 0.133 e. The maximum atomic E-state index is 4.51. The molecule has 1 fully saturated rings. The van der Waals surface area contributed by atoms with Gasteiger partial charge in [-0.3, -0.25) is 0 Å². The van der Waals surface area contributed by atoms with Crippen LogP contribution >= 0.6 is 0 Å². The first-order valence-corrected chi connectivity index (χ1v) is 7.44. The molecule has 0 radical (unpaired) electrons. The van der Waals surface area contributed by atoms with Crippen LogP contribution in [0, 0.1) is 5.92 Å². The lowest BCUT2D eigenvalue weighted by Gasteiger charge is -2.20. The fraction of sp³-hybridized carbons (Fsp3) is 0.733. The minimum absolute atomic E-state index is 0.618. The van der Waals surface area contributed by atoms with Crippen LogP contribution in [0.3, 0.4) is 0 Å². The molecule has 1 N–H and O–H groups in total. The first-order chi connectivity index (χ1) is 8.84. The number of aryl methyl sites for hydroxylation is 1. The summed E-state index contributed by atoms with van der Waals surface area (Å²) in [6.07, 6.45) is 11.9. The molecule has 2 atom stereocenters. The van der Waals surface area contributed by atoms with Crippen LogP contribution in [-0.4, -0.2) is 16.0 Å². The number of fused-ring (bicyclic) bond motifs is 1. The largest absolute Gasteiger partial charge is 0.367 e. The lowest BCUT2D eigenvalue weighted by Crippen LogP contribution is -2.23. The van der Waals surface area contributed by atoms with Gasteiger partial charge in [-0.25, -0.2) is 9.97 Å². The zero-order chi connectivity index (χ0) is 12.4. The first kappa shape index (κ1) is 11.9. The summed E-state index contributed by atoms with van der Waals surface area (Å²) in [5.74, 6) is 1.90. The van der Waals surface area contributed by atoms with Crippen LogP contribution in [0.2, 0.25) is 0 Å². The third-order valence-electron chi connectivity index (χ3n) is 4.56. The van der Waals surface area contributed by atoms with Crippen LogP contribution in [0.15, 0.2) is 6.33 Å². The van der Waals surface area contributed by atoms with Crippen LogP contribution in [0.4, 0.5) is 5.82 Å². The van der Waals surface area contributed by atoms with E-state index in [0.29, 0.717) is 6.04 Å². The van der Waals surface area contributed by atoms with Crippen molar-refractivity contribution in [3.05, 3.63) is 17.6 Å². The van der Waals surface area contributed by atoms with E-state index < -0.39 is 0 Å². The summed E-state index contributed by atoms with van der Waals surface area (Å²) in [6.45, 7) is 2.35. The normalized spacial score (nSPS) is 27.6. The smallest absolute Gasteiger partial charge is 0.133 e. The molecule has 1 heterocycles. The zero-order valence-corrected chi connectivity index (χ0v) is 11.3. The third-order valence-corrected chi connectivity index (χ3v) is 4.56. The van der Waals surface area contributed by atoms with Crippen molar-refractivity contribution < 1.29 is 0 Å². The molecule has 0 bridgehead atoms. The van der Waals surface area contributed by atoms with Crippen molar-refractivity contribution in [3.8, 4) is 0 Å². The highest BCUT2D eigenvalue weighted by molar-refractivity contribution is 5.47. The number of anilines is 1. The van der Waals surface area contributed by atoms with Crippen LogP contribution in [0.25, 0.3) is 0 Å². The van der Waals surface area contributed by atoms with Gasteiger partial charge in [-0.05, 0) is 44.4 Å². The minimum atomic E-state index is 0.618. The molecular formula is C15H23N3. The molecular weight excluding hydrogens is 222 g/mol. The fourth-order valence-electron chi connectivity index (χ4n) is 3.36. The molecule has 2 unspecified atom stereocenters. The second-order valence-corrected chi connectivity index (χ2v) is 5.87. The standard InChI is InChI=1S/C15H23N3/c1-11-6-5-9-13(11)18-15-12-7-3-2-4-8-14(12)16-10-17-15/h10-11,13H,2-9H2,1H3,(H,16,17,18). The van der Waals surface area contributed by atoms with Crippen LogP contribution in [0.5, 0.6) is 0 Å². The van der Waals surface area contributed by atoms with E-state index in [4.69, 9.17) is 0 Å². The van der Waals surface area contributed by atoms with Gasteiger partial charge < -0.3 is 5.32 Å². The summed E-state index contributed by atoms with van der Waals surface area (Å²) < 4.78 is 0. The Labute approximate surface area is 109 Å². The van der Waals surface area contributed by atoms with Crippen molar-refractivity contribution >= 4 is 5.82 Å². The van der Waals surface area contributed by atoms with Crippen molar-refractivity contribution in [2.24, 2.45) is 5.92 Å². The summed E-state index contributed by atoms with van der Waals surface area (Å²) in [6, 6.07) is 0.618. The number of nitrogens with one attached hydrogen (secondary N) is 1. The van der Waals surface area contributed by atoms with E-state index in [1.165, 1.54) is 49.8 Å². The highest BCUT2D eigenvalue weighted by Crippen LogP contribution is 2.30. The Hall–Kier alpha value is -1.12. The average Bonchev–Trinajstić information content (AvgIpc) is 2.66. The van der Waals surface area contributed by atoms with Crippen LogP contribution in [0.1, 0.15) is 56.7 Å². The van der Waals surface area contributed by atoms with Gasteiger partial charge >= 0.3 is 0 Å². The molecule has 3 nitrogen and oxygen atoms in total. The van der Waals surface area contributed by atoms with Crippen molar-refractivity contribution in [2.45, 2.75) is 64.3 Å².